The molecular weight excluding hydrogens is 388 g/mol. The monoisotopic (exact) mass is 414 g/mol. The average Bonchev–Trinajstić information content (AvgIpc) is 3.32. The van der Waals surface area contributed by atoms with Crippen molar-refractivity contribution in [3.63, 3.8) is 0 Å². The van der Waals surface area contributed by atoms with Crippen molar-refractivity contribution >= 4 is 10.8 Å². The molecule has 152 valence electrons. The first-order chi connectivity index (χ1) is 14.8. The highest BCUT2D eigenvalue weighted by molar-refractivity contribution is 7.83. The summed E-state index contributed by atoms with van der Waals surface area (Å²) >= 11 is 0. The minimum Gasteiger partial charge on any atom is -0.372 e. The van der Waals surface area contributed by atoms with Crippen LogP contribution in [0.25, 0.3) is 22.3 Å². The van der Waals surface area contributed by atoms with E-state index in [1.165, 1.54) is 82.2 Å². The molecule has 0 spiro atoms. The van der Waals surface area contributed by atoms with Crippen molar-refractivity contribution < 1.29 is 8.95 Å². The molecule has 1 unspecified atom stereocenters. The van der Waals surface area contributed by atoms with Crippen LogP contribution in [0.2, 0.25) is 0 Å². The third kappa shape index (κ3) is 2.99. The second kappa shape index (κ2) is 7.47. The third-order valence-corrected chi connectivity index (χ3v) is 8.29. The zero-order valence-corrected chi connectivity index (χ0v) is 18.0. The number of benzene rings is 3. The van der Waals surface area contributed by atoms with Crippen molar-refractivity contribution in [1.29, 1.82) is 0 Å². The molecule has 3 aliphatic rings. The fraction of sp³-hybridized carbons (Fsp3) is 0.333. The van der Waals surface area contributed by atoms with Gasteiger partial charge >= 0.3 is 0 Å². The van der Waals surface area contributed by atoms with E-state index in [9.17, 15) is 4.21 Å². The van der Waals surface area contributed by atoms with E-state index in [4.69, 9.17) is 4.74 Å². The summed E-state index contributed by atoms with van der Waals surface area (Å²) in [6.45, 7) is 1.35. The maximum atomic E-state index is 12.2. The van der Waals surface area contributed by atoms with Crippen LogP contribution in [-0.4, -0.2) is 4.21 Å². The predicted molar refractivity (Wildman–Crippen MR) is 123 cm³/mol. The van der Waals surface area contributed by atoms with Crippen LogP contribution in [0, 0.1) is 0 Å². The van der Waals surface area contributed by atoms with E-state index in [-0.39, 0.29) is 0 Å². The van der Waals surface area contributed by atoms with Crippen molar-refractivity contribution in [2.75, 3.05) is 0 Å². The highest BCUT2D eigenvalue weighted by atomic mass is 32.2. The van der Waals surface area contributed by atoms with Gasteiger partial charge in [0, 0.05) is 22.3 Å². The smallest absolute Gasteiger partial charge is 0.0731 e. The fourth-order valence-corrected chi connectivity index (χ4v) is 6.95. The molecule has 2 nitrogen and oxygen atoms in total. The van der Waals surface area contributed by atoms with Gasteiger partial charge in [-0.2, -0.15) is 0 Å². The Balaban J connectivity index is 1.52. The molecule has 2 aliphatic heterocycles. The van der Waals surface area contributed by atoms with Gasteiger partial charge in [0.1, 0.15) is 0 Å². The molecule has 0 saturated carbocycles. The molecule has 6 rings (SSSR count). The van der Waals surface area contributed by atoms with Gasteiger partial charge in [0.2, 0.25) is 0 Å². The van der Waals surface area contributed by atoms with Crippen LogP contribution in [0.5, 0.6) is 0 Å². The maximum absolute atomic E-state index is 12.2. The van der Waals surface area contributed by atoms with E-state index in [0.717, 1.165) is 0 Å². The topological polar surface area (TPSA) is 26.3 Å². The highest BCUT2D eigenvalue weighted by Crippen LogP contribution is 2.42. The molecule has 0 amide bonds. The van der Waals surface area contributed by atoms with Crippen LogP contribution in [0.4, 0.5) is 0 Å². The summed E-state index contributed by atoms with van der Waals surface area (Å²) in [5, 5.41) is 0. The molecule has 3 aromatic rings. The highest BCUT2D eigenvalue weighted by Gasteiger charge is 2.26. The normalized spacial score (nSPS) is 19.8. The molecule has 30 heavy (non-hydrogen) atoms. The van der Waals surface area contributed by atoms with Gasteiger partial charge in [0.05, 0.1) is 13.2 Å². The first-order valence-electron chi connectivity index (χ1n) is 11.1. The second-order valence-electron chi connectivity index (χ2n) is 8.79. The van der Waals surface area contributed by atoms with Gasteiger partial charge in [-0.3, -0.25) is 4.21 Å². The van der Waals surface area contributed by atoms with Gasteiger partial charge in [-0.25, -0.2) is 0 Å². The average molecular weight is 415 g/mol. The van der Waals surface area contributed by atoms with Crippen molar-refractivity contribution in [3.8, 4) is 22.3 Å². The Hall–Kier alpha value is -2.23. The molecule has 0 radical (unpaired) electrons. The Labute approximate surface area is 180 Å². The van der Waals surface area contributed by atoms with Gasteiger partial charge in [-0.15, -0.1) is 0 Å². The van der Waals surface area contributed by atoms with E-state index in [0.29, 0.717) is 24.7 Å². The van der Waals surface area contributed by atoms with Crippen molar-refractivity contribution in [1.82, 2.24) is 0 Å². The van der Waals surface area contributed by atoms with Crippen LogP contribution >= 0.6 is 0 Å². The minimum absolute atomic E-state index is 0.667. The second-order valence-corrected chi connectivity index (χ2v) is 10.2. The van der Waals surface area contributed by atoms with Gasteiger partial charge in [0.15, 0.2) is 0 Å². The molecule has 1 aliphatic carbocycles. The molecule has 3 heteroatoms. The number of rotatable bonds is 2. The summed E-state index contributed by atoms with van der Waals surface area (Å²) in [6.07, 6.45) is 6.30. The summed E-state index contributed by atoms with van der Waals surface area (Å²) in [7, 11) is -0.770. The quantitative estimate of drug-likeness (QED) is 0.475. The number of aryl methyl sites for hydroxylation is 1. The summed E-state index contributed by atoms with van der Waals surface area (Å²) in [5.74, 6) is 1.37. The number of fused-ring (bicyclic) bond motifs is 3. The molecule has 0 aromatic heterocycles. The van der Waals surface area contributed by atoms with E-state index in [2.05, 4.69) is 48.5 Å². The van der Waals surface area contributed by atoms with Crippen molar-refractivity contribution in [2.24, 2.45) is 0 Å². The minimum atomic E-state index is -0.770. The Morgan fingerprint density at radius 1 is 0.600 bits per heavy atom. The predicted octanol–water partition coefficient (Wildman–Crippen LogP) is 6.08. The lowest BCUT2D eigenvalue weighted by atomic mass is 9.85. The Kier molecular flexibility index (Phi) is 4.62. The van der Waals surface area contributed by atoms with E-state index < -0.39 is 10.8 Å². The van der Waals surface area contributed by atoms with Crippen LogP contribution in [-0.2, 0) is 53.1 Å². The summed E-state index contributed by atoms with van der Waals surface area (Å²) < 4.78 is 18.2. The summed E-state index contributed by atoms with van der Waals surface area (Å²) in [5.41, 5.74) is 13.5. The first-order valence-corrected chi connectivity index (χ1v) is 12.6. The van der Waals surface area contributed by atoms with Gasteiger partial charge in [-0.05, 0) is 81.3 Å². The lowest BCUT2D eigenvalue weighted by molar-refractivity contribution is 0.135. The Morgan fingerprint density at radius 3 is 2.00 bits per heavy atom. The van der Waals surface area contributed by atoms with Crippen LogP contribution in [0.15, 0.2) is 48.5 Å². The van der Waals surface area contributed by atoms with E-state index in [1.54, 1.807) is 5.56 Å². The standard InChI is InChI=1S/C27H26O2S/c28-30-16-19-8-5-11-22(27(19)17-30)24-13-12-23(25-14-29-15-26(24)25)21-10-4-7-18-6-2-1-3-9-20(18)21/h4-5,7-8,10-13H,1-3,6,9,14-17H2. The Morgan fingerprint density at radius 2 is 1.23 bits per heavy atom. The number of hydrogen-bond donors (Lipinski definition) is 0. The van der Waals surface area contributed by atoms with Gasteiger partial charge in [-0.1, -0.05) is 55.0 Å². The zero-order chi connectivity index (χ0) is 20.1. The van der Waals surface area contributed by atoms with Crippen LogP contribution in [0.3, 0.4) is 0 Å². The van der Waals surface area contributed by atoms with Crippen LogP contribution in [0.1, 0.15) is 52.6 Å². The van der Waals surface area contributed by atoms with Crippen molar-refractivity contribution in [2.45, 2.75) is 56.8 Å². The SMILES string of the molecule is O=S1Cc2cccc(-c3ccc(-c4cccc5c4CCCCC5)c4c3COC4)c2C1. The number of hydrogen-bond acceptors (Lipinski definition) is 2. The molecule has 0 fully saturated rings. The lowest BCUT2D eigenvalue weighted by Gasteiger charge is -2.18. The van der Waals surface area contributed by atoms with Gasteiger partial charge in [0.25, 0.3) is 0 Å². The van der Waals surface area contributed by atoms with Crippen LogP contribution < -0.4 is 0 Å². The summed E-state index contributed by atoms with van der Waals surface area (Å²) in [6, 6.07) is 17.9. The van der Waals surface area contributed by atoms with E-state index in [1.807, 2.05) is 0 Å². The molecule has 0 N–H and O–H groups in total. The number of ether oxygens (including phenoxy) is 1. The molecular formula is C27H26O2S. The largest absolute Gasteiger partial charge is 0.372 e. The maximum Gasteiger partial charge on any atom is 0.0731 e. The molecule has 1 atom stereocenters. The zero-order valence-electron chi connectivity index (χ0n) is 17.2. The lowest BCUT2D eigenvalue weighted by Crippen LogP contribution is -1.99. The molecule has 0 bridgehead atoms. The summed E-state index contributed by atoms with van der Waals surface area (Å²) in [4.78, 5) is 0. The molecule has 2 heterocycles. The third-order valence-electron chi connectivity index (χ3n) is 7.05. The Bertz CT molecular complexity index is 1180. The van der Waals surface area contributed by atoms with Crippen molar-refractivity contribution in [3.05, 3.63) is 81.9 Å². The molecule has 0 saturated heterocycles. The fourth-order valence-electron chi connectivity index (χ4n) is 5.57. The molecule has 3 aromatic carbocycles. The van der Waals surface area contributed by atoms with Gasteiger partial charge < -0.3 is 4.74 Å². The first kappa shape index (κ1) is 18.5. The van der Waals surface area contributed by atoms with E-state index >= 15 is 0 Å².